The molecule has 6 heteroatoms. The lowest BCUT2D eigenvalue weighted by molar-refractivity contribution is 0.0877. The number of hydrogen-bond donors (Lipinski definition) is 0. The van der Waals surface area contributed by atoms with Gasteiger partial charge < -0.3 is 0 Å². The van der Waals surface area contributed by atoms with Crippen LogP contribution in [0.25, 0.3) is 32.3 Å². The van der Waals surface area contributed by atoms with Crippen molar-refractivity contribution in [3.63, 3.8) is 0 Å². The Morgan fingerprint density at radius 1 is 0.350 bits per heavy atom. The summed E-state index contributed by atoms with van der Waals surface area (Å²) in [7, 11) is 0. The topological polar surface area (TPSA) is 74.8 Å². The Hall–Kier alpha value is -5.62. The van der Waals surface area contributed by atoms with E-state index in [1.165, 1.54) is 9.80 Å². The summed E-state index contributed by atoms with van der Waals surface area (Å²) in [6, 6.07) is 32.2. The summed E-state index contributed by atoms with van der Waals surface area (Å²) in [6.45, 7) is 0. The number of carbonyl (C=O) groups is 4. The molecule has 0 aliphatic carbocycles. The van der Waals surface area contributed by atoms with Gasteiger partial charge in [0.1, 0.15) is 0 Å². The van der Waals surface area contributed by atoms with Gasteiger partial charge in [0, 0.05) is 43.8 Å². The molecule has 0 saturated carbocycles. The molecule has 6 aromatic rings. The Balaban J connectivity index is 1.32. The molecule has 0 N–H and O–H groups in total. The second-order valence-corrected chi connectivity index (χ2v) is 9.96. The number of fused-ring (bicyclic) bond motifs is 1. The number of carbonyl (C=O) groups excluding carboxylic acids is 4. The largest absolute Gasteiger partial charge is 0.268 e. The van der Waals surface area contributed by atoms with Gasteiger partial charge >= 0.3 is 0 Å². The molecule has 40 heavy (non-hydrogen) atoms. The zero-order valence-corrected chi connectivity index (χ0v) is 20.9. The summed E-state index contributed by atoms with van der Waals surface area (Å²) in [4.78, 5) is 57.5. The predicted molar refractivity (Wildman–Crippen MR) is 154 cm³/mol. The maximum atomic E-state index is 13.8. The Morgan fingerprint density at radius 2 is 0.675 bits per heavy atom. The Labute approximate surface area is 227 Å². The molecular weight excluding hydrogens is 500 g/mol. The minimum atomic E-state index is -0.419. The zero-order chi connectivity index (χ0) is 27.1. The highest BCUT2D eigenvalue weighted by atomic mass is 16.2. The third-order valence-electron chi connectivity index (χ3n) is 7.90. The Kier molecular flexibility index (Phi) is 4.44. The van der Waals surface area contributed by atoms with Crippen LogP contribution in [0.1, 0.15) is 41.4 Å². The van der Waals surface area contributed by atoms with E-state index < -0.39 is 23.6 Å². The van der Waals surface area contributed by atoms with Crippen molar-refractivity contribution in [2.24, 2.45) is 0 Å². The SMILES string of the molecule is O=C1c2cccc3cccc(c23)C(=O)N1c1ccc(N2C(=O)c3cccc4cccc(c34)C2=O)c2ccccc12. The van der Waals surface area contributed by atoms with Crippen LogP contribution in [0, 0.1) is 0 Å². The van der Waals surface area contributed by atoms with E-state index in [4.69, 9.17) is 0 Å². The molecule has 8 rings (SSSR count). The van der Waals surface area contributed by atoms with Gasteiger partial charge in [0.15, 0.2) is 0 Å². The van der Waals surface area contributed by atoms with E-state index in [2.05, 4.69) is 0 Å². The standard InChI is InChI=1S/C34H18N2O4/c37-31-23-13-3-7-19-8-4-14-24(29(19)23)32(38)35(31)27-17-18-28(22-12-2-1-11-21(22)27)36-33(39)25-15-5-9-20-10-6-16-26(30(20)25)34(36)40/h1-18H. The minimum absolute atomic E-state index is 0.389. The normalized spacial score (nSPS) is 14.6. The lowest BCUT2D eigenvalue weighted by atomic mass is 9.92. The third kappa shape index (κ3) is 2.82. The maximum absolute atomic E-state index is 13.8. The van der Waals surface area contributed by atoms with Crippen LogP contribution in [0.3, 0.4) is 0 Å². The van der Waals surface area contributed by atoms with Crippen molar-refractivity contribution < 1.29 is 19.2 Å². The van der Waals surface area contributed by atoms with E-state index in [0.717, 1.165) is 10.8 Å². The average Bonchev–Trinajstić information content (AvgIpc) is 2.99. The van der Waals surface area contributed by atoms with Gasteiger partial charge in [-0.1, -0.05) is 72.8 Å². The summed E-state index contributed by atoms with van der Waals surface area (Å²) in [5, 5.41) is 4.10. The monoisotopic (exact) mass is 518 g/mol. The van der Waals surface area contributed by atoms with Gasteiger partial charge in [-0.15, -0.1) is 0 Å². The molecule has 0 aromatic heterocycles. The van der Waals surface area contributed by atoms with Crippen LogP contribution in [-0.2, 0) is 0 Å². The van der Waals surface area contributed by atoms with Crippen LogP contribution in [0.15, 0.2) is 109 Å². The third-order valence-corrected chi connectivity index (χ3v) is 7.90. The number of nitrogens with zero attached hydrogens (tertiary/aromatic N) is 2. The first kappa shape index (κ1) is 22.4. The van der Waals surface area contributed by atoms with E-state index in [9.17, 15) is 19.2 Å². The van der Waals surface area contributed by atoms with Gasteiger partial charge in [0.05, 0.1) is 11.4 Å². The van der Waals surface area contributed by atoms with Crippen molar-refractivity contribution in [1.82, 2.24) is 0 Å². The number of hydrogen-bond acceptors (Lipinski definition) is 4. The summed E-state index contributed by atoms with van der Waals surface area (Å²) in [6.07, 6.45) is 0. The van der Waals surface area contributed by atoms with Gasteiger partial charge in [0.25, 0.3) is 23.6 Å². The highest BCUT2D eigenvalue weighted by Gasteiger charge is 2.37. The van der Waals surface area contributed by atoms with Crippen molar-refractivity contribution in [1.29, 1.82) is 0 Å². The van der Waals surface area contributed by atoms with E-state index >= 15 is 0 Å². The van der Waals surface area contributed by atoms with Crippen LogP contribution < -0.4 is 9.80 Å². The fourth-order valence-corrected chi connectivity index (χ4v) is 6.16. The maximum Gasteiger partial charge on any atom is 0.266 e. The average molecular weight is 519 g/mol. The lowest BCUT2D eigenvalue weighted by Crippen LogP contribution is -2.41. The van der Waals surface area contributed by atoms with Crippen molar-refractivity contribution in [2.45, 2.75) is 0 Å². The fourth-order valence-electron chi connectivity index (χ4n) is 6.16. The Morgan fingerprint density at radius 3 is 1.00 bits per heavy atom. The van der Waals surface area contributed by atoms with Crippen LogP contribution in [0.4, 0.5) is 11.4 Å². The number of anilines is 2. The number of benzene rings is 6. The van der Waals surface area contributed by atoms with Gasteiger partial charge in [0.2, 0.25) is 0 Å². The molecule has 0 unspecified atom stereocenters. The van der Waals surface area contributed by atoms with Crippen molar-refractivity contribution in [3.8, 4) is 0 Å². The van der Waals surface area contributed by atoms with Crippen LogP contribution >= 0.6 is 0 Å². The lowest BCUT2D eigenvalue weighted by Gasteiger charge is -2.31. The second-order valence-electron chi connectivity index (χ2n) is 9.96. The first-order valence-corrected chi connectivity index (χ1v) is 12.9. The van der Waals surface area contributed by atoms with Gasteiger partial charge in [-0.2, -0.15) is 0 Å². The van der Waals surface area contributed by atoms with Crippen molar-refractivity contribution in [2.75, 3.05) is 9.80 Å². The molecule has 6 aromatic carbocycles. The van der Waals surface area contributed by atoms with Crippen LogP contribution in [-0.4, -0.2) is 23.6 Å². The van der Waals surface area contributed by atoms with Crippen molar-refractivity contribution in [3.05, 3.63) is 131 Å². The quantitative estimate of drug-likeness (QED) is 0.238. The molecule has 2 aliphatic heterocycles. The molecule has 0 fully saturated rings. The van der Waals surface area contributed by atoms with E-state index in [1.807, 2.05) is 24.3 Å². The van der Waals surface area contributed by atoms with Gasteiger partial charge in [-0.3, -0.25) is 19.2 Å². The van der Waals surface area contributed by atoms with E-state index in [-0.39, 0.29) is 0 Å². The molecule has 6 nitrogen and oxygen atoms in total. The molecule has 4 amide bonds. The minimum Gasteiger partial charge on any atom is -0.268 e. The smallest absolute Gasteiger partial charge is 0.266 e. The molecular formula is C34H18N2O4. The molecule has 188 valence electrons. The zero-order valence-electron chi connectivity index (χ0n) is 20.9. The predicted octanol–water partition coefficient (Wildman–Crippen LogP) is 6.75. The van der Waals surface area contributed by atoms with E-state index in [0.29, 0.717) is 55.2 Å². The van der Waals surface area contributed by atoms with Crippen molar-refractivity contribution >= 4 is 67.3 Å². The number of rotatable bonds is 2. The van der Waals surface area contributed by atoms with Gasteiger partial charge in [-0.25, -0.2) is 9.80 Å². The summed E-state index contributed by atoms with van der Waals surface area (Å²) in [5.41, 5.74) is 2.58. The second kappa shape index (κ2) is 7.94. The van der Waals surface area contributed by atoms with Crippen LogP contribution in [0.2, 0.25) is 0 Å². The number of amides is 4. The first-order valence-electron chi connectivity index (χ1n) is 12.9. The van der Waals surface area contributed by atoms with Gasteiger partial charge in [-0.05, 0) is 47.2 Å². The molecule has 0 spiro atoms. The fraction of sp³-hybridized carbons (Fsp3) is 0. The summed E-state index contributed by atoms with van der Waals surface area (Å²) in [5.74, 6) is -1.67. The summed E-state index contributed by atoms with van der Waals surface area (Å²) < 4.78 is 0. The Bertz CT molecular complexity index is 1910. The molecule has 0 saturated heterocycles. The highest BCUT2D eigenvalue weighted by molar-refractivity contribution is 6.39. The van der Waals surface area contributed by atoms with Crippen LogP contribution in [0.5, 0.6) is 0 Å². The molecule has 2 heterocycles. The van der Waals surface area contributed by atoms with E-state index in [1.54, 1.807) is 84.9 Å². The molecule has 0 radical (unpaired) electrons. The first-order chi connectivity index (χ1) is 19.5. The molecule has 0 bridgehead atoms. The summed E-state index contributed by atoms with van der Waals surface area (Å²) >= 11 is 0. The molecule has 2 aliphatic rings. The highest BCUT2D eigenvalue weighted by Crippen LogP contribution is 2.41. The molecule has 0 atom stereocenters. The number of imide groups is 2.